The number of carbonyl (C=O) groups is 3. The van der Waals surface area contributed by atoms with Gasteiger partial charge in [-0.05, 0) is 42.5 Å². The molecule has 32 heavy (non-hydrogen) atoms. The standard InChI is InChI=1S/C22H22N4O5S/c23-19(28)15-8-10-32-20(15)25-18(27)12-31-22(30)13-6-7-14-16(11-13)24-17-5-3-1-2-4-9-26(17)21(14)29/h6-8,10-11H,1-5,9,12H2,(H2,23,28)(H,25,27). The monoisotopic (exact) mass is 454 g/mol. The Morgan fingerprint density at radius 3 is 2.78 bits per heavy atom. The summed E-state index contributed by atoms with van der Waals surface area (Å²) in [6.45, 7) is 0.116. The molecule has 0 fully saturated rings. The first kappa shape index (κ1) is 21.7. The first-order chi connectivity index (χ1) is 15.4. The topological polar surface area (TPSA) is 133 Å². The second-order valence-electron chi connectivity index (χ2n) is 7.53. The number of nitrogens with one attached hydrogen (secondary N) is 1. The van der Waals surface area contributed by atoms with Crippen molar-refractivity contribution in [3.63, 3.8) is 0 Å². The van der Waals surface area contributed by atoms with Crippen LogP contribution in [0.5, 0.6) is 0 Å². The van der Waals surface area contributed by atoms with Gasteiger partial charge in [-0.25, -0.2) is 9.78 Å². The van der Waals surface area contributed by atoms with Gasteiger partial charge in [-0.1, -0.05) is 12.8 Å². The molecule has 1 aliphatic rings. The van der Waals surface area contributed by atoms with Gasteiger partial charge in [0.1, 0.15) is 10.8 Å². The lowest BCUT2D eigenvalue weighted by Gasteiger charge is -2.16. The average Bonchev–Trinajstić information content (AvgIpc) is 3.21. The van der Waals surface area contributed by atoms with Gasteiger partial charge in [0, 0.05) is 13.0 Å². The van der Waals surface area contributed by atoms with E-state index in [9.17, 15) is 19.2 Å². The van der Waals surface area contributed by atoms with Crippen molar-refractivity contribution in [2.75, 3.05) is 11.9 Å². The Labute approximate surface area is 187 Å². The van der Waals surface area contributed by atoms with Crippen molar-refractivity contribution < 1.29 is 19.1 Å². The number of nitrogens with two attached hydrogens (primary N) is 1. The molecule has 2 aromatic heterocycles. The first-order valence-corrected chi connectivity index (χ1v) is 11.2. The Morgan fingerprint density at radius 2 is 1.97 bits per heavy atom. The summed E-state index contributed by atoms with van der Waals surface area (Å²) in [5, 5.41) is 4.87. The molecule has 0 saturated carbocycles. The van der Waals surface area contributed by atoms with E-state index in [4.69, 9.17) is 10.5 Å². The Balaban J connectivity index is 1.48. The van der Waals surface area contributed by atoms with Crippen LogP contribution in [0, 0.1) is 0 Å². The number of ether oxygens (including phenoxy) is 1. The van der Waals surface area contributed by atoms with Crippen LogP contribution in [-0.4, -0.2) is 33.9 Å². The van der Waals surface area contributed by atoms with Crippen molar-refractivity contribution in [1.82, 2.24) is 9.55 Å². The summed E-state index contributed by atoms with van der Waals surface area (Å²) < 4.78 is 6.82. The van der Waals surface area contributed by atoms with Crippen LogP contribution >= 0.6 is 11.3 Å². The third kappa shape index (κ3) is 4.54. The van der Waals surface area contributed by atoms with Crippen molar-refractivity contribution in [1.29, 1.82) is 0 Å². The van der Waals surface area contributed by atoms with Crippen molar-refractivity contribution in [2.45, 2.75) is 38.6 Å². The summed E-state index contributed by atoms with van der Waals surface area (Å²) in [6, 6.07) is 6.08. The van der Waals surface area contributed by atoms with Gasteiger partial charge in [0.05, 0.1) is 22.0 Å². The summed E-state index contributed by atoms with van der Waals surface area (Å²) in [7, 11) is 0. The highest BCUT2D eigenvalue weighted by atomic mass is 32.1. The van der Waals surface area contributed by atoms with Gasteiger partial charge in [-0.3, -0.25) is 19.0 Å². The van der Waals surface area contributed by atoms with Crippen molar-refractivity contribution >= 4 is 45.0 Å². The maximum absolute atomic E-state index is 12.9. The minimum absolute atomic E-state index is 0.104. The largest absolute Gasteiger partial charge is 0.452 e. The lowest BCUT2D eigenvalue weighted by molar-refractivity contribution is -0.119. The van der Waals surface area contributed by atoms with Gasteiger partial charge in [-0.2, -0.15) is 0 Å². The number of hydrogen-bond acceptors (Lipinski definition) is 7. The van der Waals surface area contributed by atoms with Crippen molar-refractivity contribution in [2.24, 2.45) is 5.73 Å². The molecule has 0 atom stereocenters. The zero-order valence-electron chi connectivity index (χ0n) is 17.3. The lowest BCUT2D eigenvalue weighted by Crippen LogP contribution is -2.26. The van der Waals surface area contributed by atoms with Gasteiger partial charge >= 0.3 is 5.97 Å². The third-order valence-electron chi connectivity index (χ3n) is 5.32. The smallest absolute Gasteiger partial charge is 0.338 e. The van der Waals surface area contributed by atoms with Crippen molar-refractivity contribution in [3.8, 4) is 0 Å². The van der Waals surface area contributed by atoms with E-state index in [0.29, 0.717) is 22.4 Å². The molecule has 0 saturated heterocycles. The molecule has 1 aromatic carbocycles. The molecule has 166 valence electrons. The first-order valence-electron chi connectivity index (χ1n) is 10.3. The highest BCUT2D eigenvalue weighted by Crippen LogP contribution is 2.22. The molecule has 3 N–H and O–H groups in total. The highest BCUT2D eigenvalue weighted by molar-refractivity contribution is 7.14. The fourth-order valence-electron chi connectivity index (χ4n) is 3.70. The molecule has 3 aromatic rings. The molecule has 4 rings (SSSR count). The molecule has 0 unspecified atom stereocenters. The van der Waals surface area contributed by atoms with E-state index in [-0.39, 0.29) is 16.7 Å². The molecule has 1 aliphatic heterocycles. The number of hydrogen-bond donors (Lipinski definition) is 2. The van der Waals surface area contributed by atoms with E-state index in [1.807, 2.05) is 0 Å². The fraction of sp³-hybridized carbons (Fsp3) is 0.318. The highest BCUT2D eigenvalue weighted by Gasteiger charge is 2.17. The van der Waals surface area contributed by atoms with Crippen LogP contribution in [0.2, 0.25) is 0 Å². The predicted molar refractivity (Wildman–Crippen MR) is 120 cm³/mol. The Morgan fingerprint density at radius 1 is 1.16 bits per heavy atom. The van der Waals surface area contributed by atoms with Gasteiger partial charge in [0.2, 0.25) is 0 Å². The molecule has 0 bridgehead atoms. The van der Waals surface area contributed by atoms with Crippen LogP contribution < -0.4 is 16.6 Å². The third-order valence-corrected chi connectivity index (χ3v) is 6.15. The van der Waals surface area contributed by atoms with Gasteiger partial charge in [-0.15, -0.1) is 11.3 Å². The molecule has 10 heteroatoms. The second kappa shape index (κ2) is 9.31. The Bertz CT molecular complexity index is 1260. The molecular weight excluding hydrogens is 432 g/mol. The minimum Gasteiger partial charge on any atom is -0.452 e. The van der Waals surface area contributed by atoms with E-state index in [2.05, 4.69) is 10.3 Å². The SMILES string of the molecule is NC(=O)c1ccsc1NC(=O)COC(=O)c1ccc2c(=O)n3c(nc2c1)CCCCCC3. The number of nitrogens with zero attached hydrogens (tertiary/aromatic N) is 2. The molecule has 0 radical (unpaired) electrons. The summed E-state index contributed by atoms with van der Waals surface area (Å²) in [6.07, 6.45) is 4.83. The number of aryl methyl sites for hydroxylation is 1. The quantitative estimate of drug-likeness (QED) is 0.569. The number of amides is 2. The molecular formula is C22H22N4O5S. The number of carbonyl (C=O) groups excluding carboxylic acids is 3. The molecule has 2 amide bonds. The van der Waals surface area contributed by atoms with Crippen LogP contribution in [0.25, 0.3) is 10.9 Å². The fourth-order valence-corrected chi connectivity index (χ4v) is 4.51. The second-order valence-corrected chi connectivity index (χ2v) is 8.45. The Kier molecular flexibility index (Phi) is 6.31. The summed E-state index contributed by atoms with van der Waals surface area (Å²) >= 11 is 1.14. The van der Waals surface area contributed by atoms with E-state index in [1.54, 1.807) is 16.0 Å². The van der Waals surface area contributed by atoms with E-state index in [1.165, 1.54) is 18.2 Å². The molecule has 0 aliphatic carbocycles. The number of benzene rings is 1. The Hall–Kier alpha value is -3.53. The number of rotatable bonds is 5. The number of esters is 1. The summed E-state index contributed by atoms with van der Waals surface area (Å²) in [4.78, 5) is 53.4. The number of thiophene rings is 1. The van der Waals surface area contributed by atoms with Crippen molar-refractivity contribution in [3.05, 3.63) is 57.0 Å². The normalized spacial score (nSPS) is 13.6. The van der Waals surface area contributed by atoms with Gasteiger partial charge in [0.25, 0.3) is 17.4 Å². The van der Waals surface area contributed by atoms with Crippen LogP contribution in [0.1, 0.15) is 52.2 Å². The van der Waals surface area contributed by atoms with E-state index >= 15 is 0 Å². The van der Waals surface area contributed by atoms with Crippen LogP contribution in [-0.2, 0) is 22.5 Å². The van der Waals surface area contributed by atoms with E-state index < -0.39 is 24.4 Å². The summed E-state index contributed by atoms with van der Waals surface area (Å²) in [5.74, 6) is -1.24. The van der Waals surface area contributed by atoms with Gasteiger partial charge < -0.3 is 15.8 Å². The van der Waals surface area contributed by atoms with Gasteiger partial charge in [0.15, 0.2) is 6.61 Å². The van der Waals surface area contributed by atoms with Crippen LogP contribution in [0.3, 0.4) is 0 Å². The number of primary amides is 1. The molecule has 9 nitrogen and oxygen atoms in total. The molecule has 0 spiro atoms. The number of anilines is 1. The maximum Gasteiger partial charge on any atom is 0.338 e. The van der Waals surface area contributed by atoms with E-state index in [0.717, 1.165) is 49.3 Å². The van der Waals surface area contributed by atoms with Crippen LogP contribution in [0.15, 0.2) is 34.4 Å². The molecule has 3 heterocycles. The van der Waals surface area contributed by atoms with Crippen LogP contribution in [0.4, 0.5) is 5.00 Å². The zero-order chi connectivity index (χ0) is 22.7. The average molecular weight is 455 g/mol. The predicted octanol–water partition coefficient (Wildman–Crippen LogP) is 2.47. The number of aromatic nitrogens is 2. The maximum atomic E-state index is 12.9. The number of fused-ring (bicyclic) bond motifs is 2. The zero-order valence-corrected chi connectivity index (χ0v) is 18.1. The summed E-state index contributed by atoms with van der Waals surface area (Å²) in [5.41, 5.74) is 5.97. The minimum atomic E-state index is -0.711. The lowest BCUT2D eigenvalue weighted by atomic mass is 10.1.